The van der Waals surface area contributed by atoms with E-state index in [1.807, 2.05) is 0 Å². The second-order valence-corrected chi connectivity index (χ2v) is 3.96. The molecule has 0 aliphatic rings. The van der Waals surface area contributed by atoms with E-state index in [4.69, 9.17) is 5.73 Å². The van der Waals surface area contributed by atoms with Crippen molar-refractivity contribution < 1.29 is 22.0 Å². The van der Waals surface area contributed by atoms with Crippen LogP contribution in [0.4, 0.5) is 22.0 Å². The van der Waals surface area contributed by atoms with Crippen LogP contribution >= 0.6 is 0 Å². The third-order valence-corrected chi connectivity index (χ3v) is 2.60. The van der Waals surface area contributed by atoms with Crippen LogP contribution in [0, 0.1) is 29.1 Å². The van der Waals surface area contributed by atoms with E-state index >= 15 is 0 Å². The summed E-state index contributed by atoms with van der Waals surface area (Å²) in [7, 11) is 0. The minimum absolute atomic E-state index is 0.151. The van der Waals surface area contributed by atoms with Crippen LogP contribution < -0.4 is 5.73 Å². The van der Waals surface area contributed by atoms with E-state index in [1.165, 1.54) is 0 Å². The maximum Gasteiger partial charge on any atom is 0.134 e. The van der Waals surface area contributed by atoms with E-state index in [2.05, 4.69) is 0 Å². The van der Waals surface area contributed by atoms with Gasteiger partial charge in [-0.2, -0.15) is 0 Å². The Labute approximate surface area is 105 Å². The molecule has 0 aliphatic heterocycles. The van der Waals surface area contributed by atoms with Gasteiger partial charge in [0.25, 0.3) is 0 Å². The first-order chi connectivity index (χ1) is 8.88. The largest absolute Gasteiger partial charge is 0.320 e. The van der Waals surface area contributed by atoms with Gasteiger partial charge in [-0.15, -0.1) is 0 Å². The molecule has 2 aromatic rings. The van der Waals surface area contributed by atoms with Gasteiger partial charge in [0.2, 0.25) is 0 Å². The van der Waals surface area contributed by atoms with Crippen LogP contribution in [0.3, 0.4) is 0 Å². The number of hydrogen-bond acceptors (Lipinski definition) is 1. The summed E-state index contributed by atoms with van der Waals surface area (Å²) in [6, 6.07) is 1.78. The van der Waals surface area contributed by atoms with Crippen molar-refractivity contribution >= 4 is 0 Å². The predicted molar refractivity (Wildman–Crippen MR) is 58.7 cm³/mol. The summed E-state index contributed by atoms with van der Waals surface area (Å²) in [6.07, 6.45) is 0. The molecule has 0 radical (unpaired) electrons. The van der Waals surface area contributed by atoms with Gasteiger partial charge in [0.05, 0.1) is 6.04 Å². The molecule has 0 saturated carbocycles. The molecule has 1 atom stereocenters. The van der Waals surface area contributed by atoms with E-state index in [1.54, 1.807) is 0 Å². The molecule has 0 heterocycles. The van der Waals surface area contributed by atoms with Gasteiger partial charge >= 0.3 is 0 Å². The molecule has 0 fully saturated rings. The number of benzene rings is 2. The molecule has 0 aliphatic carbocycles. The lowest BCUT2D eigenvalue weighted by Gasteiger charge is -2.14. The fourth-order valence-corrected chi connectivity index (χ4v) is 1.77. The highest BCUT2D eigenvalue weighted by Gasteiger charge is 2.20. The molecule has 2 N–H and O–H groups in total. The SMILES string of the molecule is NC(c1cc(F)cc(F)c1)c1c(F)cc(F)cc1F. The Hall–Kier alpha value is -1.95. The topological polar surface area (TPSA) is 26.0 Å². The molecular weight excluding hydrogens is 265 g/mol. The summed E-state index contributed by atoms with van der Waals surface area (Å²) in [5.74, 6) is -5.37. The quantitative estimate of drug-likeness (QED) is 0.833. The van der Waals surface area contributed by atoms with E-state index in [0.29, 0.717) is 18.2 Å². The normalized spacial score (nSPS) is 12.5. The Kier molecular flexibility index (Phi) is 3.53. The monoisotopic (exact) mass is 273 g/mol. The molecule has 6 heteroatoms. The summed E-state index contributed by atoms with van der Waals surface area (Å²) >= 11 is 0. The minimum Gasteiger partial charge on any atom is -0.320 e. The van der Waals surface area contributed by atoms with Crippen LogP contribution in [0.1, 0.15) is 17.2 Å². The Balaban J connectivity index is 2.52. The predicted octanol–water partition coefficient (Wildman–Crippen LogP) is 3.43. The third-order valence-electron chi connectivity index (χ3n) is 2.60. The average Bonchev–Trinajstić information content (AvgIpc) is 2.25. The molecule has 1 nitrogen and oxygen atoms in total. The first-order valence-corrected chi connectivity index (χ1v) is 5.24. The summed E-state index contributed by atoms with van der Waals surface area (Å²) in [5, 5.41) is 0. The van der Waals surface area contributed by atoms with Crippen LogP contribution in [-0.4, -0.2) is 0 Å². The van der Waals surface area contributed by atoms with Gasteiger partial charge < -0.3 is 5.73 Å². The number of halogens is 5. The molecule has 0 aromatic heterocycles. The van der Waals surface area contributed by atoms with Crippen LogP contribution in [0.2, 0.25) is 0 Å². The number of nitrogens with two attached hydrogens (primary N) is 1. The van der Waals surface area contributed by atoms with E-state index in [-0.39, 0.29) is 5.56 Å². The second-order valence-electron chi connectivity index (χ2n) is 3.96. The van der Waals surface area contributed by atoms with Gasteiger partial charge in [-0.25, -0.2) is 22.0 Å². The summed E-state index contributed by atoms with van der Waals surface area (Å²) in [4.78, 5) is 0. The molecule has 0 bridgehead atoms. The molecule has 0 spiro atoms. The highest BCUT2D eigenvalue weighted by atomic mass is 19.2. The van der Waals surface area contributed by atoms with Gasteiger partial charge in [0, 0.05) is 23.8 Å². The summed E-state index contributed by atoms with van der Waals surface area (Å²) < 4.78 is 65.8. The highest BCUT2D eigenvalue weighted by Crippen LogP contribution is 2.26. The number of rotatable bonds is 2. The zero-order valence-electron chi connectivity index (χ0n) is 9.43. The number of hydrogen-bond donors (Lipinski definition) is 1. The lowest BCUT2D eigenvalue weighted by molar-refractivity contribution is 0.512. The molecule has 19 heavy (non-hydrogen) atoms. The smallest absolute Gasteiger partial charge is 0.134 e. The van der Waals surface area contributed by atoms with Gasteiger partial charge in [-0.05, 0) is 17.7 Å². The van der Waals surface area contributed by atoms with Crippen molar-refractivity contribution in [1.29, 1.82) is 0 Å². The highest BCUT2D eigenvalue weighted by molar-refractivity contribution is 5.34. The Morgan fingerprint density at radius 2 is 1.11 bits per heavy atom. The van der Waals surface area contributed by atoms with Gasteiger partial charge in [0.15, 0.2) is 0 Å². The van der Waals surface area contributed by atoms with Crippen molar-refractivity contribution in [3.63, 3.8) is 0 Å². The molecule has 0 amide bonds. The van der Waals surface area contributed by atoms with Crippen molar-refractivity contribution in [1.82, 2.24) is 0 Å². The second kappa shape index (κ2) is 4.97. The lowest BCUT2D eigenvalue weighted by atomic mass is 9.98. The molecule has 0 saturated heterocycles. The molecule has 2 aromatic carbocycles. The Morgan fingerprint density at radius 1 is 0.684 bits per heavy atom. The van der Waals surface area contributed by atoms with Crippen LogP contribution in [0.25, 0.3) is 0 Å². The third kappa shape index (κ3) is 2.73. The van der Waals surface area contributed by atoms with Crippen LogP contribution in [0.15, 0.2) is 30.3 Å². The Morgan fingerprint density at radius 3 is 1.58 bits per heavy atom. The fourth-order valence-electron chi connectivity index (χ4n) is 1.77. The Bertz CT molecular complexity index is 583. The van der Waals surface area contributed by atoms with E-state index < -0.39 is 40.7 Å². The maximum atomic E-state index is 13.5. The van der Waals surface area contributed by atoms with E-state index in [9.17, 15) is 22.0 Å². The minimum atomic E-state index is -1.44. The van der Waals surface area contributed by atoms with E-state index in [0.717, 1.165) is 12.1 Å². The molecule has 100 valence electrons. The summed E-state index contributed by atoms with van der Waals surface area (Å²) in [6.45, 7) is 0. The molecule has 2 rings (SSSR count). The van der Waals surface area contributed by atoms with Crippen molar-refractivity contribution in [2.24, 2.45) is 5.73 Å². The molecular formula is C13H8F5N. The van der Waals surface area contributed by atoms with Gasteiger partial charge in [-0.3, -0.25) is 0 Å². The van der Waals surface area contributed by atoms with Crippen molar-refractivity contribution in [3.8, 4) is 0 Å². The zero-order valence-corrected chi connectivity index (χ0v) is 9.43. The first-order valence-electron chi connectivity index (χ1n) is 5.24. The van der Waals surface area contributed by atoms with Crippen LogP contribution in [0.5, 0.6) is 0 Å². The first kappa shape index (κ1) is 13.5. The molecule has 1 unspecified atom stereocenters. The van der Waals surface area contributed by atoms with Crippen molar-refractivity contribution in [2.75, 3.05) is 0 Å². The van der Waals surface area contributed by atoms with Gasteiger partial charge in [-0.1, -0.05) is 0 Å². The van der Waals surface area contributed by atoms with Crippen molar-refractivity contribution in [2.45, 2.75) is 6.04 Å². The van der Waals surface area contributed by atoms with Crippen LogP contribution in [-0.2, 0) is 0 Å². The fraction of sp³-hybridized carbons (Fsp3) is 0.0769. The van der Waals surface area contributed by atoms with Crippen molar-refractivity contribution in [3.05, 3.63) is 70.5 Å². The average molecular weight is 273 g/mol. The maximum absolute atomic E-state index is 13.5. The summed E-state index contributed by atoms with van der Waals surface area (Å²) in [5.41, 5.74) is 4.77. The van der Waals surface area contributed by atoms with Gasteiger partial charge in [0.1, 0.15) is 29.1 Å². The lowest BCUT2D eigenvalue weighted by Crippen LogP contribution is -2.16. The zero-order chi connectivity index (χ0) is 14.2. The standard InChI is InChI=1S/C13H8F5N/c14-7-1-6(2-8(15)3-7)13(19)12-10(17)4-9(16)5-11(12)18/h1-5,13H,19H2.